The summed E-state index contributed by atoms with van der Waals surface area (Å²) >= 11 is 0. The molecule has 13 heavy (non-hydrogen) atoms. The van der Waals surface area contributed by atoms with Crippen LogP contribution in [0, 0.1) is 10.1 Å². The minimum Gasteiger partial charge on any atom is -0.390 e. The highest BCUT2D eigenvalue weighted by molar-refractivity contribution is 5.21. The van der Waals surface area contributed by atoms with Gasteiger partial charge in [0.05, 0.1) is 30.0 Å². The van der Waals surface area contributed by atoms with Gasteiger partial charge >= 0.3 is 5.82 Å². The summed E-state index contributed by atoms with van der Waals surface area (Å²) in [6, 6.07) is 1.23. The third-order valence-corrected chi connectivity index (χ3v) is 1.54. The zero-order valence-electron chi connectivity index (χ0n) is 6.88. The molecule has 1 rings (SSSR count). The number of nitrogens with zero attached hydrogens (tertiary/aromatic N) is 3. The van der Waals surface area contributed by atoms with Crippen molar-refractivity contribution in [3.05, 3.63) is 21.9 Å². The molecule has 0 aliphatic heterocycles. The van der Waals surface area contributed by atoms with Gasteiger partial charge in [0.2, 0.25) is 0 Å². The van der Waals surface area contributed by atoms with Crippen LogP contribution in [0.5, 0.6) is 0 Å². The first kappa shape index (κ1) is 9.62. The van der Waals surface area contributed by atoms with E-state index in [-0.39, 0.29) is 12.4 Å². The maximum atomic E-state index is 10.3. The van der Waals surface area contributed by atoms with Gasteiger partial charge in [-0.2, -0.15) is 4.68 Å². The van der Waals surface area contributed by atoms with E-state index in [4.69, 9.17) is 10.8 Å². The maximum Gasteiger partial charge on any atom is 0.390 e. The fourth-order valence-corrected chi connectivity index (χ4v) is 0.973. The molecule has 0 unspecified atom stereocenters. The van der Waals surface area contributed by atoms with Crippen LogP contribution in [0.4, 0.5) is 5.82 Å². The first-order valence-corrected chi connectivity index (χ1v) is 3.71. The molecule has 7 heteroatoms. The third kappa shape index (κ3) is 2.01. The topological polar surface area (TPSA) is 107 Å². The zero-order chi connectivity index (χ0) is 9.84. The van der Waals surface area contributed by atoms with Crippen molar-refractivity contribution >= 4 is 5.82 Å². The van der Waals surface area contributed by atoms with Crippen LogP contribution in [0.2, 0.25) is 0 Å². The monoisotopic (exact) mass is 186 g/mol. The lowest BCUT2D eigenvalue weighted by Gasteiger charge is -1.95. The van der Waals surface area contributed by atoms with Crippen LogP contribution in [0.1, 0.15) is 5.69 Å². The lowest BCUT2D eigenvalue weighted by Crippen LogP contribution is -2.13. The summed E-state index contributed by atoms with van der Waals surface area (Å²) in [7, 11) is 0. The Labute approximate surface area is 73.9 Å². The molecule has 0 amide bonds. The molecule has 0 aliphatic rings. The SMILES string of the molecule is NCCn1nc([N+](=O)[O-])cc1CO. The number of aliphatic hydroxyl groups is 1. The van der Waals surface area contributed by atoms with E-state index in [1.165, 1.54) is 10.7 Å². The summed E-state index contributed by atoms with van der Waals surface area (Å²) in [6.45, 7) is 0.413. The molecule has 0 radical (unpaired) electrons. The largest absolute Gasteiger partial charge is 0.390 e. The van der Waals surface area contributed by atoms with Gasteiger partial charge in [0, 0.05) is 6.54 Å². The zero-order valence-corrected chi connectivity index (χ0v) is 6.88. The molecule has 7 nitrogen and oxygen atoms in total. The number of aliphatic hydroxyl groups excluding tert-OH is 1. The second kappa shape index (κ2) is 3.97. The Hall–Kier alpha value is -1.47. The Balaban J connectivity index is 2.96. The van der Waals surface area contributed by atoms with E-state index in [1.54, 1.807) is 0 Å². The number of hydrogen-bond donors (Lipinski definition) is 2. The number of nitro groups is 1. The molecule has 1 aromatic heterocycles. The smallest absolute Gasteiger partial charge is 0.390 e. The Morgan fingerprint density at radius 3 is 2.92 bits per heavy atom. The lowest BCUT2D eigenvalue weighted by molar-refractivity contribution is -0.389. The predicted molar refractivity (Wildman–Crippen MR) is 43.9 cm³/mol. The van der Waals surface area contributed by atoms with Crippen LogP contribution in [-0.4, -0.2) is 26.4 Å². The number of nitrogens with two attached hydrogens (primary N) is 1. The van der Waals surface area contributed by atoms with E-state index >= 15 is 0 Å². The molecule has 1 aromatic rings. The van der Waals surface area contributed by atoms with E-state index in [2.05, 4.69) is 5.10 Å². The molecule has 3 N–H and O–H groups in total. The first-order chi connectivity index (χ1) is 6.19. The number of hydrogen-bond acceptors (Lipinski definition) is 5. The summed E-state index contributed by atoms with van der Waals surface area (Å²) in [5.41, 5.74) is 5.66. The van der Waals surface area contributed by atoms with Crippen LogP contribution < -0.4 is 5.73 Å². The molecule has 0 bridgehead atoms. The molecule has 0 atom stereocenters. The van der Waals surface area contributed by atoms with Crippen molar-refractivity contribution in [3.63, 3.8) is 0 Å². The van der Waals surface area contributed by atoms with Gasteiger partial charge in [0.25, 0.3) is 0 Å². The van der Waals surface area contributed by atoms with Crippen molar-refractivity contribution < 1.29 is 10.0 Å². The van der Waals surface area contributed by atoms with Crippen molar-refractivity contribution in [3.8, 4) is 0 Å². The Bertz CT molecular complexity index is 309. The van der Waals surface area contributed by atoms with Crippen molar-refractivity contribution in [2.75, 3.05) is 6.54 Å². The molecule has 0 fully saturated rings. The van der Waals surface area contributed by atoms with Gasteiger partial charge in [-0.1, -0.05) is 0 Å². The second-order valence-electron chi connectivity index (χ2n) is 2.42. The fourth-order valence-electron chi connectivity index (χ4n) is 0.973. The number of rotatable bonds is 4. The minimum absolute atomic E-state index is 0.266. The summed E-state index contributed by atoms with van der Waals surface area (Å²) < 4.78 is 1.33. The highest BCUT2D eigenvalue weighted by Crippen LogP contribution is 2.11. The van der Waals surface area contributed by atoms with Crippen LogP contribution >= 0.6 is 0 Å². The average Bonchev–Trinajstić information content (AvgIpc) is 2.48. The highest BCUT2D eigenvalue weighted by Gasteiger charge is 2.16. The van der Waals surface area contributed by atoms with Crippen molar-refractivity contribution in [2.45, 2.75) is 13.2 Å². The van der Waals surface area contributed by atoms with E-state index in [9.17, 15) is 10.1 Å². The normalized spacial score (nSPS) is 10.3. The molecule has 0 aromatic carbocycles. The van der Waals surface area contributed by atoms with E-state index in [0.717, 1.165) is 0 Å². The second-order valence-corrected chi connectivity index (χ2v) is 2.42. The van der Waals surface area contributed by atoms with Crippen molar-refractivity contribution in [2.24, 2.45) is 5.73 Å². The summed E-state index contributed by atoms with van der Waals surface area (Å²) in [6.07, 6.45) is 0. The molecule has 0 spiro atoms. The molecule has 0 saturated carbocycles. The molecule has 1 heterocycles. The molecule has 0 aliphatic carbocycles. The Kier molecular flexibility index (Phi) is 2.93. The lowest BCUT2D eigenvalue weighted by atomic mass is 10.4. The van der Waals surface area contributed by atoms with E-state index in [0.29, 0.717) is 18.8 Å². The molecular weight excluding hydrogens is 176 g/mol. The van der Waals surface area contributed by atoms with Gasteiger partial charge < -0.3 is 21.0 Å². The van der Waals surface area contributed by atoms with Gasteiger partial charge in [0.15, 0.2) is 0 Å². The summed E-state index contributed by atoms with van der Waals surface area (Å²) in [4.78, 5) is 9.70. The maximum absolute atomic E-state index is 10.3. The highest BCUT2D eigenvalue weighted by atomic mass is 16.6. The van der Waals surface area contributed by atoms with E-state index < -0.39 is 4.92 Å². The average molecular weight is 186 g/mol. The van der Waals surface area contributed by atoms with Crippen molar-refractivity contribution in [1.29, 1.82) is 0 Å². The van der Waals surface area contributed by atoms with Gasteiger partial charge in [0.1, 0.15) is 0 Å². The Morgan fingerprint density at radius 1 is 1.77 bits per heavy atom. The molecule has 0 saturated heterocycles. The molecule has 72 valence electrons. The third-order valence-electron chi connectivity index (χ3n) is 1.54. The minimum atomic E-state index is -0.605. The van der Waals surface area contributed by atoms with Gasteiger partial charge in [-0.15, -0.1) is 0 Å². The summed E-state index contributed by atoms with van der Waals surface area (Å²) in [5, 5.41) is 22.8. The van der Waals surface area contributed by atoms with E-state index in [1.807, 2.05) is 0 Å². The van der Waals surface area contributed by atoms with Crippen LogP contribution in [0.3, 0.4) is 0 Å². The standard InChI is InChI=1S/C6H10N4O3/c7-1-2-9-5(4-11)3-6(8-9)10(12)13/h3,11H,1-2,4,7H2. The van der Waals surface area contributed by atoms with Gasteiger partial charge in [-0.05, 0) is 4.92 Å². The molecular formula is C6H10N4O3. The van der Waals surface area contributed by atoms with Gasteiger partial charge in [-0.3, -0.25) is 0 Å². The van der Waals surface area contributed by atoms with Crippen LogP contribution in [0.15, 0.2) is 6.07 Å². The fraction of sp³-hybridized carbons (Fsp3) is 0.500. The van der Waals surface area contributed by atoms with Crippen LogP contribution in [-0.2, 0) is 13.2 Å². The van der Waals surface area contributed by atoms with Gasteiger partial charge in [-0.25, -0.2) is 0 Å². The quantitative estimate of drug-likeness (QED) is 0.474. The summed E-state index contributed by atoms with van der Waals surface area (Å²) in [5.74, 6) is -0.266. The first-order valence-electron chi connectivity index (χ1n) is 3.71. The predicted octanol–water partition coefficient (Wildman–Crippen LogP) is -0.758. The van der Waals surface area contributed by atoms with Crippen LogP contribution in [0.25, 0.3) is 0 Å². The van der Waals surface area contributed by atoms with Crippen molar-refractivity contribution in [1.82, 2.24) is 9.78 Å². The number of aromatic nitrogens is 2. The Morgan fingerprint density at radius 2 is 2.46 bits per heavy atom.